The number of aromatic nitrogens is 3. The number of aryl methyl sites for hydroxylation is 3. The van der Waals surface area contributed by atoms with Gasteiger partial charge in [0.25, 0.3) is 0 Å². The molecule has 0 aliphatic rings. The third kappa shape index (κ3) is 4.86. The minimum atomic E-state index is 0.961. The molecule has 0 aromatic carbocycles. The quantitative estimate of drug-likeness (QED) is 0.657. The Balaban J connectivity index is 0.000000151. The summed E-state index contributed by atoms with van der Waals surface area (Å²) in [5.74, 6) is 0. The highest BCUT2D eigenvalue weighted by Crippen LogP contribution is 1.95. The second-order valence-corrected chi connectivity index (χ2v) is 3.32. The summed E-state index contributed by atoms with van der Waals surface area (Å²) in [5, 5.41) is 0. The molecule has 0 bridgehead atoms. The fourth-order valence-electron chi connectivity index (χ4n) is 1.06. The Hall–Kier alpha value is -1.77. The van der Waals surface area contributed by atoms with Gasteiger partial charge in [-0.05, 0) is 38.5 Å². The zero-order chi connectivity index (χ0) is 11.1. The molecule has 0 aliphatic heterocycles. The van der Waals surface area contributed by atoms with Gasteiger partial charge < -0.3 is 0 Å². The maximum atomic E-state index is 4.04. The lowest BCUT2D eigenvalue weighted by Crippen LogP contribution is -1.78. The molecule has 0 saturated carbocycles. The van der Waals surface area contributed by atoms with Crippen molar-refractivity contribution in [1.29, 1.82) is 0 Å². The first-order chi connectivity index (χ1) is 7.18. The van der Waals surface area contributed by atoms with Crippen LogP contribution in [-0.4, -0.2) is 15.0 Å². The molecule has 2 rings (SSSR count). The molecule has 0 radical (unpaired) electrons. The average molecular weight is 201 g/mol. The Kier molecular flexibility index (Phi) is 4.41. The van der Waals surface area contributed by atoms with Gasteiger partial charge in [0.15, 0.2) is 0 Å². The molecule has 0 amide bonds. The first kappa shape index (κ1) is 11.3. The van der Waals surface area contributed by atoms with Crippen molar-refractivity contribution >= 4 is 0 Å². The van der Waals surface area contributed by atoms with E-state index in [1.54, 1.807) is 18.6 Å². The molecule has 0 atom stereocenters. The lowest BCUT2D eigenvalue weighted by Gasteiger charge is -1.90. The molecule has 0 N–H and O–H groups in total. The maximum Gasteiger partial charge on any atom is 0.0555 e. The van der Waals surface area contributed by atoms with Gasteiger partial charge in [-0.15, -0.1) is 0 Å². The molecule has 0 saturated heterocycles. The Morgan fingerprint density at radius 2 is 1.60 bits per heavy atom. The first-order valence-corrected chi connectivity index (χ1v) is 4.80. The Bertz CT molecular complexity index is 381. The van der Waals surface area contributed by atoms with Crippen molar-refractivity contribution in [3.05, 3.63) is 53.9 Å². The minimum absolute atomic E-state index is 0.961. The highest BCUT2D eigenvalue weighted by atomic mass is 14.7. The van der Waals surface area contributed by atoms with Crippen LogP contribution in [0.15, 0.2) is 36.9 Å². The van der Waals surface area contributed by atoms with Gasteiger partial charge in [0.1, 0.15) is 0 Å². The summed E-state index contributed by atoms with van der Waals surface area (Å²) in [6.07, 6.45) is 6.88. The molecule has 0 unspecified atom stereocenters. The number of pyridine rings is 1. The summed E-state index contributed by atoms with van der Waals surface area (Å²) in [7, 11) is 0. The van der Waals surface area contributed by atoms with Crippen molar-refractivity contribution in [1.82, 2.24) is 15.0 Å². The fourth-order valence-corrected chi connectivity index (χ4v) is 1.06. The summed E-state index contributed by atoms with van der Waals surface area (Å²) in [4.78, 5) is 11.8. The van der Waals surface area contributed by atoms with E-state index in [-0.39, 0.29) is 0 Å². The average Bonchev–Trinajstić information content (AvgIpc) is 2.19. The normalized spacial score (nSPS) is 9.00. The fraction of sp³-hybridized carbons (Fsp3) is 0.250. The van der Waals surface area contributed by atoms with E-state index in [1.165, 1.54) is 5.56 Å². The van der Waals surface area contributed by atoms with Crippen LogP contribution in [0, 0.1) is 20.8 Å². The van der Waals surface area contributed by atoms with Crippen molar-refractivity contribution in [3.63, 3.8) is 0 Å². The summed E-state index contributed by atoms with van der Waals surface area (Å²) >= 11 is 0. The van der Waals surface area contributed by atoms with Crippen LogP contribution in [0.5, 0.6) is 0 Å². The van der Waals surface area contributed by atoms with Crippen molar-refractivity contribution in [3.8, 4) is 0 Å². The first-order valence-electron chi connectivity index (χ1n) is 4.80. The van der Waals surface area contributed by atoms with Gasteiger partial charge in [0, 0.05) is 30.5 Å². The van der Waals surface area contributed by atoms with E-state index in [0.29, 0.717) is 0 Å². The molecule has 0 fully saturated rings. The second-order valence-electron chi connectivity index (χ2n) is 3.32. The molecule has 3 nitrogen and oxygen atoms in total. The van der Waals surface area contributed by atoms with Crippen LogP contribution in [0.25, 0.3) is 0 Å². The van der Waals surface area contributed by atoms with E-state index in [1.807, 2.05) is 26.1 Å². The molecular formula is C12H15N3. The largest absolute Gasteiger partial charge is 0.262 e. The maximum absolute atomic E-state index is 4.04. The van der Waals surface area contributed by atoms with Gasteiger partial charge in [-0.1, -0.05) is 0 Å². The topological polar surface area (TPSA) is 38.7 Å². The molecule has 0 aliphatic carbocycles. The van der Waals surface area contributed by atoms with Gasteiger partial charge >= 0.3 is 0 Å². The number of hydrogen-bond donors (Lipinski definition) is 0. The number of rotatable bonds is 0. The Morgan fingerprint density at radius 3 is 1.93 bits per heavy atom. The van der Waals surface area contributed by atoms with Crippen molar-refractivity contribution < 1.29 is 0 Å². The monoisotopic (exact) mass is 201 g/mol. The SMILES string of the molecule is Cc1ccnc(C)c1.Cc1cnccn1. The van der Waals surface area contributed by atoms with Crippen molar-refractivity contribution in [2.45, 2.75) is 20.8 Å². The van der Waals surface area contributed by atoms with Crippen LogP contribution in [-0.2, 0) is 0 Å². The van der Waals surface area contributed by atoms with Crippen LogP contribution in [0.4, 0.5) is 0 Å². The third-order valence-corrected chi connectivity index (χ3v) is 1.74. The van der Waals surface area contributed by atoms with Crippen LogP contribution in [0.3, 0.4) is 0 Å². The number of hydrogen-bond acceptors (Lipinski definition) is 3. The van der Waals surface area contributed by atoms with Crippen LogP contribution >= 0.6 is 0 Å². The molecule has 0 spiro atoms. The Morgan fingerprint density at radius 1 is 0.867 bits per heavy atom. The lowest BCUT2D eigenvalue weighted by molar-refractivity contribution is 1.12. The van der Waals surface area contributed by atoms with Gasteiger partial charge in [-0.2, -0.15) is 0 Å². The number of nitrogens with zero attached hydrogens (tertiary/aromatic N) is 3. The summed E-state index contributed by atoms with van der Waals surface area (Å²) in [5.41, 5.74) is 3.32. The molecule has 78 valence electrons. The molecular weight excluding hydrogens is 186 g/mol. The van der Waals surface area contributed by atoms with E-state index in [2.05, 4.69) is 27.9 Å². The van der Waals surface area contributed by atoms with E-state index >= 15 is 0 Å². The summed E-state index contributed by atoms with van der Waals surface area (Å²) in [6, 6.07) is 4.05. The smallest absolute Gasteiger partial charge is 0.0555 e. The molecule has 2 aromatic heterocycles. The van der Waals surface area contributed by atoms with Gasteiger partial charge in [0.2, 0.25) is 0 Å². The highest BCUT2D eigenvalue weighted by Gasteiger charge is 1.82. The molecule has 2 aromatic rings. The highest BCUT2D eigenvalue weighted by molar-refractivity contribution is 5.12. The predicted octanol–water partition coefficient (Wildman–Crippen LogP) is 2.48. The van der Waals surface area contributed by atoms with E-state index < -0.39 is 0 Å². The van der Waals surface area contributed by atoms with Crippen molar-refractivity contribution in [2.75, 3.05) is 0 Å². The molecule has 15 heavy (non-hydrogen) atoms. The Labute approximate surface area is 90.2 Å². The van der Waals surface area contributed by atoms with Crippen LogP contribution < -0.4 is 0 Å². The predicted molar refractivity (Wildman–Crippen MR) is 60.5 cm³/mol. The van der Waals surface area contributed by atoms with E-state index in [0.717, 1.165) is 11.4 Å². The van der Waals surface area contributed by atoms with Crippen LogP contribution in [0.2, 0.25) is 0 Å². The zero-order valence-electron chi connectivity index (χ0n) is 9.31. The van der Waals surface area contributed by atoms with Gasteiger partial charge in [-0.25, -0.2) is 0 Å². The molecule has 2 heterocycles. The lowest BCUT2D eigenvalue weighted by atomic mass is 10.3. The van der Waals surface area contributed by atoms with Gasteiger partial charge in [-0.3, -0.25) is 15.0 Å². The minimum Gasteiger partial charge on any atom is -0.262 e. The molecule has 3 heteroatoms. The van der Waals surface area contributed by atoms with Crippen molar-refractivity contribution in [2.24, 2.45) is 0 Å². The second kappa shape index (κ2) is 5.86. The third-order valence-electron chi connectivity index (χ3n) is 1.74. The zero-order valence-corrected chi connectivity index (χ0v) is 9.31. The summed E-state index contributed by atoms with van der Waals surface area (Å²) < 4.78 is 0. The van der Waals surface area contributed by atoms with E-state index in [9.17, 15) is 0 Å². The standard InChI is InChI=1S/C7H9N.C5H6N2/c1-6-3-4-8-7(2)5-6;1-5-4-6-2-3-7-5/h3-5H,1-2H3;2-4H,1H3. The van der Waals surface area contributed by atoms with Gasteiger partial charge in [0.05, 0.1) is 5.69 Å². The van der Waals surface area contributed by atoms with E-state index in [4.69, 9.17) is 0 Å². The van der Waals surface area contributed by atoms with Crippen LogP contribution in [0.1, 0.15) is 17.0 Å². The summed E-state index contributed by atoms with van der Waals surface area (Å²) in [6.45, 7) is 5.97.